The molecule has 2 heterocycles. The van der Waals surface area contributed by atoms with E-state index < -0.39 is 0 Å². The van der Waals surface area contributed by atoms with Gasteiger partial charge >= 0.3 is 0 Å². The average molecular weight is 267 g/mol. The molecule has 2 fully saturated rings. The summed E-state index contributed by atoms with van der Waals surface area (Å²) in [5.41, 5.74) is 0. The maximum Gasteiger partial charge on any atom is 0.219 e. The maximum atomic E-state index is 11.3. The summed E-state index contributed by atoms with van der Waals surface area (Å²) in [6, 6.07) is 1.49. The van der Waals surface area contributed by atoms with E-state index in [4.69, 9.17) is 0 Å². The van der Waals surface area contributed by atoms with E-state index in [2.05, 4.69) is 23.8 Å². The Balaban J connectivity index is 1.75. The fourth-order valence-electron chi connectivity index (χ4n) is 3.50. The Hall–Kier alpha value is -0.610. The monoisotopic (exact) mass is 267 g/mol. The van der Waals surface area contributed by atoms with Crippen LogP contribution in [0.15, 0.2) is 0 Å². The normalized spacial score (nSPS) is 24.1. The van der Waals surface area contributed by atoms with Gasteiger partial charge in [0.2, 0.25) is 5.91 Å². The van der Waals surface area contributed by atoms with Crippen LogP contribution in [-0.4, -0.2) is 72.5 Å². The molecule has 0 aromatic rings. The van der Waals surface area contributed by atoms with Gasteiger partial charge in [-0.1, -0.05) is 6.92 Å². The molecule has 0 atom stereocenters. The van der Waals surface area contributed by atoms with Crippen LogP contribution >= 0.6 is 0 Å². The molecule has 0 spiro atoms. The fourth-order valence-corrected chi connectivity index (χ4v) is 3.50. The molecule has 4 heteroatoms. The minimum atomic E-state index is 0.238. The minimum absolute atomic E-state index is 0.238. The largest absolute Gasteiger partial charge is 0.343 e. The molecule has 0 unspecified atom stereocenters. The van der Waals surface area contributed by atoms with Crippen LogP contribution in [0.4, 0.5) is 0 Å². The van der Waals surface area contributed by atoms with Crippen LogP contribution < -0.4 is 0 Å². The lowest BCUT2D eigenvalue weighted by molar-refractivity contribution is -0.130. The van der Waals surface area contributed by atoms with Crippen LogP contribution in [0.2, 0.25) is 0 Å². The van der Waals surface area contributed by atoms with E-state index in [1.165, 1.54) is 25.9 Å². The number of rotatable bonds is 3. The Bertz CT molecular complexity index is 292. The number of nitrogens with zero attached hydrogens (tertiary/aromatic N) is 3. The number of amides is 1. The van der Waals surface area contributed by atoms with Gasteiger partial charge in [-0.2, -0.15) is 0 Å². The van der Waals surface area contributed by atoms with Gasteiger partial charge in [0.15, 0.2) is 0 Å². The Labute approximate surface area is 117 Å². The zero-order valence-corrected chi connectivity index (χ0v) is 12.8. The van der Waals surface area contributed by atoms with E-state index in [9.17, 15) is 4.79 Å². The second-order valence-corrected chi connectivity index (χ2v) is 6.08. The van der Waals surface area contributed by atoms with Crippen molar-refractivity contribution in [1.82, 2.24) is 14.7 Å². The predicted octanol–water partition coefficient (Wildman–Crippen LogP) is 1.41. The van der Waals surface area contributed by atoms with Crippen molar-refractivity contribution in [1.29, 1.82) is 0 Å². The van der Waals surface area contributed by atoms with Gasteiger partial charge in [0.05, 0.1) is 0 Å². The van der Waals surface area contributed by atoms with Crippen LogP contribution in [0.5, 0.6) is 0 Å². The van der Waals surface area contributed by atoms with Crippen LogP contribution in [-0.2, 0) is 4.79 Å². The third kappa shape index (κ3) is 3.69. The highest BCUT2D eigenvalue weighted by molar-refractivity contribution is 5.73. The number of likely N-dealkylation sites (tertiary alicyclic amines) is 2. The number of carbonyl (C=O) groups excluding carboxylic acids is 1. The third-order valence-corrected chi connectivity index (χ3v) is 5.05. The number of hydrogen-bond donors (Lipinski definition) is 0. The van der Waals surface area contributed by atoms with Crippen molar-refractivity contribution in [3.8, 4) is 0 Å². The molecule has 0 N–H and O–H groups in total. The smallest absolute Gasteiger partial charge is 0.219 e. The third-order valence-electron chi connectivity index (χ3n) is 5.05. The van der Waals surface area contributed by atoms with Crippen molar-refractivity contribution in [3.05, 3.63) is 0 Å². The van der Waals surface area contributed by atoms with Gasteiger partial charge < -0.3 is 14.7 Å². The summed E-state index contributed by atoms with van der Waals surface area (Å²) in [4.78, 5) is 18.5. The summed E-state index contributed by atoms with van der Waals surface area (Å²) >= 11 is 0. The van der Waals surface area contributed by atoms with Crippen molar-refractivity contribution in [2.24, 2.45) is 0 Å². The standard InChI is InChI=1S/C15H29N3O/c1-4-16(3)14-5-11-18(12-6-14)15-7-9-17(10-8-15)13(2)19/h14-15H,4-12H2,1-3H3. The lowest BCUT2D eigenvalue weighted by Gasteiger charge is -2.43. The van der Waals surface area contributed by atoms with E-state index in [-0.39, 0.29) is 5.91 Å². The summed E-state index contributed by atoms with van der Waals surface area (Å²) in [7, 11) is 2.24. The van der Waals surface area contributed by atoms with Crippen molar-refractivity contribution in [2.75, 3.05) is 39.8 Å². The first-order chi connectivity index (χ1) is 9.11. The summed E-state index contributed by atoms with van der Waals surface area (Å²) in [5.74, 6) is 0.238. The summed E-state index contributed by atoms with van der Waals surface area (Å²) in [6.07, 6.45) is 4.93. The molecule has 0 aliphatic carbocycles. The topological polar surface area (TPSA) is 26.8 Å². The molecule has 2 aliphatic heterocycles. The van der Waals surface area contributed by atoms with Crippen molar-refractivity contribution < 1.29 is 4.79 Å². The Morgan fingerprint density at radius 3 is 2.16 bits per heavy atom. The van der Waals surface area contributed by atoms with E-state index in [0.29, 0.717) is 6.04 Å². The van der Waals surface area contributed by atoms with Crippen LogP contribution in [0.25, 0.3) is 0 Å². The molecule has 110 valence electrons. The molecule has 0 saturated carbocycles. The molecule has 0 aromatic carbocycles. The number of hydrogen-bond acceptors (Lipinski definition) is 3. The van der Waals surface area contributed by atoms with Crippen molar-refractivity contribution >= 4 is 5.91 Å². The zero-order valence-electron chi connectivity index (χ0n) is 12.8. The molecule has 0 aromatic heterocycles. The van der Waals surface area contributed by atoms with Gasteiger partial charge in [0.1, 0.15) is 0 Å². The van der Waals surface area contributed by atoms with Crippen molar-refractivity contribution in [2.45, 2.75) is 51.6 Å². The summed E-state index contributed by atoms with van der Waals surface area (Å²) in [6.45, 7) is 9.46. The van der Waals surface area contributed by atoms with Gasteiger partial charge in [-0.05, 0) is 52.4 Å². The molecule has 0 radical (unpaired) electrons. The zero-order chi connectivity index (χ0) is 13.8. The SMILES string of the molecule is CCN(C)C1CCN(C2CCN(C(C)=O)CC2)CC1. The molecular weight excluding hydrogens is 238 g/mol. The molecule has 19 heavy (non-hydrogen) atoms. The van der Waals surface area contributed by atoms with E-state index in [0.717, 1.165) is 38.5 Å². The van der Waals surface area contributed by atoms with Gasteiger partial charge in [0.25, 0.3) is 0 Å². The summed E-state index contributed by atoms with van der Waals surface area (Å²) < 4.78 is 0. The summed E-state index contributed by atoms with van der Waals surface area (Å²) in [5, 5.41) is 0. The van der Waals surface area contributed by atoms with E-state index in [1.54, 1.807) is 6.92 Å². The molecule has 2 saturated heterocycles. The Kier molecular flexibility index (Phi) is 5.22. The van der Waals surface area contributed by atoms with Crippen LogP contribution in [0, 0.1) is 0 Å². The molecule has 0 bridgehead atoms. The first kappa shape index (κ1) is 14.8. The van der Waals surface area contributed by atoms with E-state index >= 15 is 0 Å². The van der Waals surface area contributed by atoms with Gasteiger partial charge in [-0.3, -0.25) is 4.79 Å². The van der Waals surface area contributed by atoms with Gasteiger partial charge in [-0.25, -0.2) is 0 Å². The quantitative estimate of drug-likeness (QED) is 0.773. The molecule has 2 aliphatic rings. The van der Waals surface area contributed by atoms with E-state index in [1.807, 2.05) is 4.90 Å². The Morgan fingerprint density at radius 2 is 1.68 bits per heavy atom. The average Bonchev–Trinajstić information content (AvgIpc) is 2.46. The van der Waals surface area contributed by atoms with Gasteiger partial charge in [0, 0.05) is 32.1 Å². The Morgan fingerprint density at radius 1 is 1.11 bits per heavy atom. The lowest BCUT2D eigenvalue weighted by atomic mass is 9.97. The fraction of sp³-hybridized carbons (Fsp3) is 0.933. The highest BCUT2D eigenvalue weighted by atomic mass is 16.2. The van der Waals surface area contributed by atoms with Gasteiger partial charge in [-0.15, -0.1) is 0 Å². The van der Waals surface area contributed by atoms with Crippen LogP contribution in [0.1, 0.15) is 39.5 Å². The lowest BCUT2D eigenvalue weighted by Crippen LogP contribution is -2.51. The first-order valence-corrected chi connectivity index (χ1v) is 7.81. The first-order valence-electron chi connectivity index (χ1n) is 7.81. The highest BCUT2D eigenvalue weighted by Gasteiger charge is 2.29. The highest BCUT2D eigenvalue weighted by Crippen LogP contribution is 2.22. The maximum absolute atomic E-state index is 11.3. The predicted molar refractivity (Wildman–Crippen MR) is 78.2 cm³/mol. The minimum Gasteiger partial charge on any atom is -0.343 e. The molecule has 1 amide bonds. The number of piperidine rings is 2. The second-order valence-electron chi connectivity index (χ2n) is 6.08. The molecule has 4 nitrogen and oxygen atoms in total. The number of carbonyl (C=O) groups is 1. The van der Waals surface area contributed by atoms with Crippen molar-refractivity contribution in [3.63, 3.8) is 0 Å². The second kappa shape index (κ2) is 6.71. The molecule has 2 rings (SSSR count). The van der Waals surface area contributed by atoms with Crippen LogP contribution in [0.3, 0.4) is 0 Å². The molecular formula is C15H29N3O.